The van der Waals surface area contributed by atoms with E-state index in [4.69, 9.17) is 0 Å². The Morgan fingerprint density at radius 3 is 2.72 bits per heavy atom. The standard InChI is InChI=1S/C14H19BrN2S/c1-13(2,12-6-11(15)7-18-12)9-17-10-14(8-16)4-3-5-14/h6-7,17H,3-5,9-10H2,1-2H3. The smallest absolute Gasteiger partial charge is 0.0703 e. The van der Waals surface area contributed by atoms with Crippen molar-refractivity contribution in [2.45, 2.75) is 38.5 Å². The topological polar surface area (TPSA) is 35.8 Å². The van der Waals surface area contributed by atoms with Gasteiger partial charge in [-0.05, 0) is 34.8 Å². The van der Waals surface area contributed by atoms with E-state index < -0.39 is 0 Å². The van der Waals surface area contributed by atoms with Crippen molar-refractivity contribution in [3.8, 4) is 6.07 Å². The third kappa shape index (κ3) is 2.96. The zero-order valence-electron chi connectivity index (χ0n) is 10.9. The summed E-state index contributed by atoms with van der Waals surface area (Å²) in [5, 5.41) is 14.8. The Kier molecular flexibility index (Phi) is 4.15. The van der Waals surface area contributed by atoms with Crippen molar-refractivity contribution in [2.24, 2.45) is 5.41 Å². The molecule has 1 heterocycles. The molecule has 2 nitrogen and oxygen atoms in total. The Labute approximate surface area is 122 Å². The van der Waals surface area contributed by atoms with Gasteiger partial charge in [0.2, 0.25) is 0 Å². The minimum Gasteiger partial charge on any atom is -0.314 e. The van der Waals surface area contributed by atoms with Crippen molar-refractivity contribution in [1.29, 1.82) is 5.26 Å². The summed E-state index contributed by atoms with van der Waals surface area (Å²) in [5.74, 6) is 0. The van der Waals surface area contributed by atoms with E-state index in [0.29, 0.717) is 0 Å². The Morgan fingerprint density at radius 1 is 1.56 bits per heavy atom. The van der Waals surface area contributed by atoms with Crippen LogP contribution in [-0.2, 0) is 5.41 Å². The van der Waals surface area contributed by atoms with Gasteiger partial charge in [-0.15, -0.1) is 11.3 Å². The summed E-state index contributed by atoms with van der Waals surface area (Å²) in [5.41, 5.74) is 0.0448. The summed E-state index contributed by atoms with van der Waals surface area (Å²) in [6.45, 7) is 6.25. The fourth-order valence-electron chi connectivity index (χ4n) is 2.30. The van der Waals surface area contributed by atoms with E-state index >= 15 is 0 Å². The van der Waals surface area contributed by atoms with Crippen molar-refractivity contribution in [3.05, 3.63) is 20.8 Å². The van der Waals surface area contributed by atoms with Crippen LogP contribution >= 0.6 is 27.3 Å². The second kappa shape index (κ2) is 5.32. The second-order valence-corrected chi connectivity index (χ2v) is 7.69. The molecule has 98 valence electrons. The largest absolute Gasteiger partial charge is 0.314 e. The molecular weight excluding hydrogens is 308 g/mol. The number of nitrogens with zero attached hydrogens (tertiary/aromatic N) is 1. The predicted molar refractivity (Wildman–Crippen MR) is 79.8 cm³/mol. The summed E-state index contributed by atoms with van der Waals surface area (Å²) in [4.78, 5) is 1.38. The minimum atomic E-state index is -0.0773. The van der Waals surface area contributed by atoms with Crippen LogP contribution in [0.1, 0.15) is 38.0 Å². The third-order valence-electron chi connectivity index (χ3n) is 3.81. The molecular formula is C14H19BrN2S. The van der Waals surface area contributed by atoms with Crippen molar-refractivity contribution in [3.63, 3.8) is 0 Å². The monoisotopic (exact) mass is 326 g/mol. The van der Waals surface area contributed by atoms with Crippen molar-refractivity contribution < 1.29 is 0 Å². The molecule has 1 aliphatic carbocycles. The maximum Gasteiger partial charge on any atom is 0.0703 e. The first-order valence-electron chi connectivity index (χ1n) is 6.34. The summed E-state index contributed by atoms with van der Waals surface area (Å²) < 4.78 is 1.16. The van der Waals surface area contributed by atoms with Gasteiger partial charge in [0.05, 0.1) is 11.5 Å². The Balaban J connectivity index is 1.88. The highest BCUT2D eigenvalue weighted by Gasteiger charge is 2.37. The molecule has 0 radical (unpaired) electrons. The molecule has 2 rings (SSSR count). The molecule has 0 saturated heterocycles. The van der Waals surface area contributed by atoms with Crippen molar-refractivity contribution in [1.82, 2.24) is 5.32 Å². The summed E-state index contributed by atoms with van der Waals surface area (Å²) in [7, 11) is 0. The quantitative estimate of drug-likeness (QED) is 0.885. The van der Waals surface area contributed by atoms with Gasteiger partial charge in [0, 0.05) is 33.2 Å². The van der Waals surface area contributed by atoms with Crippen LogP contribution in [0.5, 0.6) is 0 Å². The van der Waals surface area contributed by atoms with E-state index in [1.807, 2.05) is 0 Å². The highest BCUT2D eigenvalue weighted by atomic mass is 79.9. The van der Waals surface area contributed by atoms with E-state index in [1.165, 1.54) is 11.3 Å². The SMILES string of the molecule is CC(C)(CNCC1(C#N)CCC1)c1cc(Br)cs1. The maximum absolute atomic E-state index is 9.19. The van der Waals surface area contributed by atoms with Crippen LogP contribution in [0.25, 0.3) is 0 Å². The maximum atomic E-state index is 9.19. The van der Waals surface area contributed by atoms with Gasteiger partial charge < -0.3 is 5.32 Å². The van der Waals surface area contributed by atoms with E-state index in [-0.39, 0.29) is 10.8 Å². The van der Waals surface area contributed by atoms with Crippen LogP contribution in [0, 0.1) is 16.7 Å². The predicted octanol–water partition coefficient (Wildman–Crippen LogP) is 4.07. The summed E-state index contributed by atoms with van der Waals surface area (Å²) in [6.07, 6.45) is 3.32. The van der Waals surface area contributed by atoms with Gasteiger partial charge in [-0.3, -0.25) is 0 Å². The number of halogens is 1. The molecule has 1 saturated carbocycles. The molecule has 1 fully saturated rings. The first kappa shape index (κ1) is 14.0. The van der Waals surface area contributed by atoms with Crippen LogP contribution < -0.4 is 5.32 Å². The molecule has 1 aromatic rings. The van der Waals surface area contributed by atoms with Gasteiger partial charge in [0.1, 0.15) is 0 Å². The zero-order valence-corrected chi connectivity index (χ0v) is 13.3. The van der Waals surface area contributed by atoms with Crippen molar-refractivity contribution in [2.75, 3.05) is 13.1 Å². The Bertz CT molecular complexity index is 455. The van der Waals surface area contributed by atoms with E-state index in [1.54, 1.807) is 11.3 Å². The van der Waals surface area contributed by atoms with Crippen LogP contribution in [0.3, 0.4) is 0 Å². The fraction of sp³-hybridized carbons (Fsp3) is 0.643. The van der Waals surface area contributed by atoms with E-state index in [0.717, 1.165) is 30.4 Å². The van der Waals surface area contributed by atoms with Gasteiger partial charge in [0.15, 0.2) is 0 Å². The molecule has 1 N–H and O–H groups in total. The van der Waals surface area contributed by atoms with Crippen LogP contribution in [-0.4, -0.2) is 13.1 Å². The molecule has 0 aliphatic heterocycles. The third-order valence-corrected chi connectivity index (χ3v) is 5.87. The number of hydrogen-bond donors (Lipinski definition) is 1. The minimum absolute atomic E-state index is 0.0773. The molecule has 1 aliphatic rings. The van der Waals surface area contributed by atoms with Gasteiger partial charge in [-0.1, -0.05) is 20.3 Å². The number of nitriles is 1. The summed E-state index contributed by atoms with van der Waals surface area (Å²) in [6, 6.07) is 4.67. The Morgan fingerprint density at radius 2 is 2.28 bits per heavy atom. The first-order valence-corrected chi connectivity index (χ1v) is 8.01. The number of rotatable bonds is 5. The normalized spacial score (nSPS) is 18.1. The molecule has 0 amide bonds. The fourth-order valence-corrected chi connectivity index (χ4v) is 3.86. The van der Waals surface area contributed by atoms with Crippen LogP contribution in [0.4, 0.5) is 0 Å². The number of nitrogens with one attached hydrogen (secondary N) is 1. The lowest BCUT2D eigenvalue weighted by atomic mass is 9.70. The highest BCUT2D eigenvalue weighted by Crippen LogP contribution is 2.39. The van der Waals surface area contributed by atoms with E-state index in [2.05, 4.69) is 52.6 Å². The average molecular weight is 327 g/mol. The van der Waals surface area contributed by atoms with Gasteiger partial charge in [0.25, 0.3) is 0 Å². The Hall–Kier alpha value is -0.370. The van der Waals surface area contributed by atoms with Gasteiger partial charge in [-0.25, -0.2) is 0 Å². The molecule has 0 spiro atoms. The van der Waals surface area contributed by atoms with Crippen LogP contribution in [0.15, 0.2) is 15.9 Å². The molecule has 4 heteroatoms. The lowest BCUT2D eigenvalue weighted by Crippen LogP contribution is -2.42. The molecule has 0 unspecified atom stereocenters. The number of thiophene rings is 1. The molecule has 1 aromatic heterocycles. The lowest BCUT2D eigenvalue weighted by Gasteiger charge is -2.36. The average Bonchev–Trinajstić information content (AvgIpc) is 2.70. The summed E-state index contributed by atoms with van der Waals surface area (Å²) >= 11 is 5.29. The molecule has 18 heavy (non-hydrogen) atoms. The highest BCUT2D eigenvalue weighted by molar-refractivity contribution is 9.10. The first-order chi connectivity index (χ1) is 8.47. The second-order valence-electron chi connectivity index (χ2n) is 5.86. The number of hydrogen-bond acceptors (Lipinski definition) is 3. The van der Waals surface area contributed by atoms with E-state index in [9.17, 15) is 5.26 Å². The zero-order chi connectivity index (χ0) is 13.2. The van der Waals surface area contributed by atoms with Gasteiger partial charge in [-0.2, -0.15) is 5.26 Å². The van der Waals surface area contributed by atoms with Gasteiger partial charge >= 0.3 is 0 Å². The molecule has 0 aromatic carbocycles. The molecule has 0 atom stereocenters. The molecule has 0 bridgehead atoms. The lowest BCUT2D eigenvalue weighted by molar-refractivity contribution is 0.203. The van der Waals surface area contributed by atoms with Crippen LogP contribution in [0.2, 0.25) is 0 Å². The van der Waals surface area contributed by atoms with Crippen molar-refractivity contribution >= 4 is 27.3 Å².